The van der Waals surface area contributed by atoms with Crippen molar-refractivity contribution in [2.24, 2.45) is 5.41 Å². The molecule has 15 heavy (non-hydrogen) atoms. The number of hydrogen-bond donors (Lipinski definition) is 1. The summed E-state index contributed by atoms with van der Waals surface area (Å²) in [6.07, 6.45) is 1.81. The highest BCUT2D eigenvalue weighted by atomic mass is 28.4. The van der Waals surface area contributed by atoms with Gasteiger partial charge in [-0.25, -0.2) is 0 Å². The van der Waals surface area contributed by atoms with E-state index in [2.05, 4.69) is 60.1 Å². The van der Waals surface area contributed by atoms with Gasteiger partial charge in [-0.3, -0.25) is 0 Å². The minimum absolute atomic E-state index is 0.174. The molecule has 0 rings (SSSR count). The van der Waals surface area contributed by atoms with Crippen molar-refractivity contribution < 1.29 is 0 Å². The Hall–Kier alpha value is 0.104. The molecule has 0 aliphatic heterocycles. The van der Waals surface area contributed by atoms with Gasteiger partial charge in [0.25, 0.3) is 0 Å². The molecule has 0 aromatic heterocycles. The lowest BCUT2D eigenvalue weighted by atomic mass is 9.91. The Kier molecular flexibility index (Phi) is 3.87. The van der Waals surface area contributed by atoms with Gasteiger partial charge in [-0.1, -0.05) is 60.1 Å². The first-order chi connectivity index (χ1) is 6.31. The van der Waals surface area contributed by atoms with Crippen LogP contribution in [0, 0.1) is 10.8 Å². The van der Waals surface area contributed by atoms with Gasteiger partial charge in [0, 0.05) is 0 Å². The maximum Gasteiger partial charge on any atom is 0.0546 e. The van der Waals surface area contributed by atoms with Crippen molar-refractivity contribution in [3.63, 3.8) is 0 Å². The summed E-state index contributed by atoms with van der Waals surface area (Å²) in [6.45, 7) is 21.5. The number of rotatable bonds is 3. The lowest BCUT2D eigenvalue weighted by Crippen LogP contribution is -2.61. The summed E-state index contributed by atoms with van der Waals surface area (Å²) in [5.74, 6) is 0. The van der Waals surface area contributed by atoms with Gasteiger partial charge in [0.1, 0.15) is 0 Å². The highest BCUT2D eigenvalue weighted by Crippen LogP contribution is 2.57. The van der Waals surface area contributed by atoms with E-state index < -0.39 is 16.1 Å². The molecule has 0 atom stereocenters. The first kappa shape index (κ1) is 15.1. The molecule has 0 aliphatic rings. The first-order valence-electron chi connectivity index (χ1n) is 5.83. The summed E-state index contributed by atoms with van der Waals surface area (Å²) in [7, 11) is -2.78. The maximum atomic E-state index is 8.02. The van der Waals surface area contributed by atoms with Gasteiger partial charge in [0.2, 0.25) is 0 Å². The normalized spacial score (nSPS) is 15.3. The fourth-order valence-corrected chi connectivity index (χ4v) is 18.4. The van der Waals surface area contributed by atoms with E-state index in [1.165, 1.54) is 0 Å². The third kappa shape index (κ3) is 2.28. The van der Waals surface area contributed by atoms with E-state index in [1.54, 1.807) is 0 Å². The van der Waals surface area contributed by atoms with Crippen LogP contribution in [0.25, 0.3) is 0 Å². The largest absolute Gasteiger partial charge is 0.313 e. The highest BCUT2D eigenvalue weighted by Gasteiger charge is 2.57. The molecule has 0 spiro atoms. The smallest absolute Gasteiger partial charge is 0.0546 e. The summed E-state index contributed by atoms with van der Waals surface area (Å²) in [4.78, 5) is 0. The molecule has 0 aromatic rings. The second kappa shape index (κ2) is 3.84. The third-order valence-electron chi connectivity index (χ3n) is 3.77. The molecular weight excluding hydrogens is 214 g/mol. The predicted octanol–water partition coefficient (Wildman–Crippen LogP) is 4.64. The van der Waals surface area contributed by atoms with E-state index in [0.29, 0.717) is 0 Å². The first-order valence-corrected chi connectivity index (χ1v) is 12.8. The third-order valence-corrected chi connectivity index (χ3v) is 14.8. The van der Waals surface area contributed by atoms with Gasteiger partial charge >= 0.3 is 0 Å². The second-order valence-electron chi connectivity index (χ2n) is 7.70. The van der Waals surface area contributed by atoms with Crippen LogP contribution in [0.5, 0.6) is 0 Å². The molecule has 0 bridgehead atoms. The molecule has 0 heterocycles. The Morgan fingerprint density at radius 2 is 1.07 bits per heavy atom. The van der Waals surface area contributed by atoms with Crippen LogP contribution in [-0.2, 0) is 0 Å². The molecule has 0 aliphatic carbocycles. The molecule has 0 saturated heterocycles. The van der Waals surface area contributed by atoms with Crippen molar-refractivity contribution in [2.45, 2.75) is 64.7 Å². The molecule has 0 amide bonds. The van der Waals surface area contributed by atoms with E-state index in [-0.39, 0.29) is 10.1 Å². The van der Waals surface area contributed by atoms with Gasteiger partial charge in [0.15, 0.2) is 0 Å². The van der Waals surface area contributed by atoms with E-state index in [0.717, 1.165) is 0 Å². The van der Waals surface area contributed by atoms with Crippen molar-refractivity contribution in [3.8, 4) is 0 Å². The number of hydrogen-bond acceptors (Lipinski definition) is 1. The van der Waals surface area contributed by atoms with E-state index >= 15 is 0 Å². The van der Waals surface area contributed by atoms with Gasteiger partial charge in [-0.2, -0.15) is 0 Å². The molecule has 1 nitrogen and oxygen atoms in total. The van der Waals surface area contributed by atoms with Gasteiger partial charge in [-0.05, 0) is 16.3 Å². The molecule has 0 unspecified atom stereocenters. The van der Waals surface area contributed by atoms with E-state index in [1.807, 2.05) is 6.21 Å². The minimum Gasteiger partial charge on any atom is -0.313 e. The van der Waals surface area contributed by atoms with Crippen molar-refractivity contribution in [1.29, 1.82) is 5.41 Å². The van der Waals surface area contributed by atoms with Crippen LogP contribution in [0.4, 0.5) is 0 Å². The van der Waals surface area contributed by atoms with Crippen molar-refractivity contribution in [3.05, 3.63) is 0 Å². The number of nitrogens with one attached hydrogen (secondary N) is 1. The summed E-state index contributed by atoms with van der Waals surface area (Å²) in [5, 5.41) is 8.02. The Morgan fingerprint density at radius 1 is 0.800 bits per heavy atom. The van der Waals surface area contributed by atoms with Crippen molar-refractivity contribution >= 4 is 22.4 Å². The van der Waals surface area contributed by atoms with Gasteiger partial charge < -0.3 is 5.41 Å². The topological polar surface area (TPSA) is 23.9 Å². The molecule has 90 valence electrons. The van der Waals surface area contributed by atoms with Crippen LogP contribution in [0.2, 0.25) is 43.9 Å². The average molecular weight is 244 g/mol. The lowest BCUT2D eigenvalue weighted by molar-refractivity contribution is 0.386. The molecule has 0 radical (unpaired) electrons. The van der Waals surface area contributed by atoms with E-state index in [9.17, 15) is 0 Å². The quantitative estimate of drug-likeness (QED) is 0.552. The summed E-state index contributed by atoms with van der Waals surface area (Å²) >= 11 is 0. The van der Waals surface area contributed by atoms with Gasteiger partial charge in [0.05, 0.1) is 16.1 Å². The predicted molar refractivity (Wildman–Crippen MR) is 77.6 cm³/mol. The van der Waals surface area contributed by atoms with Crippen LogP contribution in [0.3, 0.4) is 0 Å². The van der Waals surface area contributed by atoms with Crippen molar-refractivity contribution in [1.82, 2.24) is 0 Å². The Morgan fingerprint density at radius 3 is 1.07 bits per heavy atom. The maximum absolute atomic E-state index is 8.02. The highest BCUT2D eigenvalue weighted by molar-refractivity contribution is 7.02. The Labute approximate surface area is 98.2 Å². The van der Waals surface area contributed by atoms with Gasteiger partial charge in [-0.15, -0.1) is 0 Å². The van der Waals surface area contributed by atoms with Crippen LogP contribution in [0.1, 0.15) is 20.8 Å². The lowest BCUT2D eigenvalue weighted by Gasteiger charge is -2.57. The van der Waals surface area contributed by atoms with E-state index in [4.69, 9.17) is 5.41 Å². The molecule has 1 N–H and O–H groups in total. The van der Waals surface area contributed by atoms with Crippen LogP contribution in [-0.4, -0.2) is 22.4 Å². The average Bonchev–Trinajstić information content (AvgIpc) is 1.76. The summed E-state index contributed by atoms with van der Waals surface area (Å²) < 4.78 is 0.174. The SMILES string of the molecule is CC(C)(C)C(C=N)([Si](C)(C)C)[Si](C)(C)C. The molecule has 0 aromatic carbocycles. The van der Waals surface area contributed by atoms with Crippen LogP contribution < -0.4 is 0 Å². The zero-order valence-electron chi connectivity index (χ0n) is 12.1. The van der Waals surface area contributed by atoms with Crippen LogP contribution in [0.15, 0.2) is 0 Å². The molecule has 0 saturated carbocycles. The zero-order valence-corrected chi connectivity index (χ0v) is 14.1. The minimum atomic E-state index is -1.39. The standard InChI is InChI=1S/C12H29NSi2/c1-11(2,3)12(10-13,14(4,5)6)15(7,8)9/h10,13H,1-9H3. The summed E-state index contributed by atoms with van der Waals surface area (Å²) in [6, 6.07) is 0. The summed E-state index contributed by atoms with van der Waals surface area (Å²) in [5.41, 5.74) is 0.212. The molecular formula is C12H29NSi2. The Balaban J connectivity index is 5.89. The molecule has 3 heteroatoms. The molecule has 0 fully saturated rings. The zero-order chi connectivity index (χ0) is 12.7. The Bertz CT molecular complexity index is 202. The second-order valence-corrected chi connectivity index (χ2v) is 18.8. The monoisotopic (exact) mass is 243 g/mol. The van der Waals surface area contributed by atoms with Crippen LogP contribution >= 0.6 is 0 Å². The fourth-order valence-electron chi connectivity index (χ4n) is 4.02. The fraction of sp³-hybridized carbons (Fsp3) is 0.917. The van der Waals surface area contributed by atoms with Crippen molar-refractivity contribution in [2.75, 3.05) is 0 Å².